The number of rotatable bonds is 34. The monoisotopic (exact) mass is 622 g/mol. The average molecular weight is 622 g/mol. The van der Waals surface area contributed by atoms with Gasteiger partial charge in [0.15, 0.2) is 0 Å². The van der Waals surface area contributed by atoms with E-state index in [-0.39, 0.29) is 12.5 Å². The number of aliphatic hydroxyl groups excluding tert-OH is 3. The predicted molar refractivity (Wildman–Crippen MR) is 190 cm³/mol. The van der Waals surface area contributed by atoms with Crippen LogP contribution in [0, 0.1) is 0 Å². The minimum absolute atomic E-state index is 0.165. The molecule has 260 valence electrons. The Labute approximate surface area is 273 Å². The van der Waals surface area contributed by atoms with Gasteiger partial charge in [-0.1, -0.05) is 147 Å². The Morgan fingerprint density at radius 2 is 0.909 bits per heavy atom. The van der Waals surface area contributed by atoms with E-state index in [4.69, 9.17) is 0 Å². The number of allylic oxidation sites excluding steroid dienone is 4. The largest absolute Gasteiger partial charge is 0.394 e. The molecule has 0 aliphatic heterocycles. The zero-order valence-corrected chi connectivity index (χ0v) is 29.3. The van der Waals surface area contributed by atoms with Crippen molar-refractivity contribution < 1.29 is 20.1 Å². The third-order valence-electron chi connectivity index (χ3n) is 8.78. The second kappa shape index (κ2) is 34.7. The van der Waals surface area contributed by atoms with E-state index in [9.17, 15) is 20.1 Å². The lowest BCUT2D eigenvalue weighted by Crippen LogP contribution is -2.50. The van der Waals surface area contributed by atoms with Crippen molar-refractivity contribution in [3.05, 3.63) is 24.3 Å². The Morgan fingerprint density at radius 1 is 0.545 bits per heavy atom. The lowest BCUT2D eigenvalue weighted by atomic mass is 10.0. The number of hydrogen-bond donors (Lipinski definition) is 4. The smallest absolute Gasteiger partial charge is 0.220 e. The molecule has 5 nitrogen and oxygen atoms in total. The summed E-state index contributed by atoms with van der Waals surface area (Å²) in [5.41, 5.74) is 0. The fourth-order valence-corrected chi connectivity index (χ4v) is 5.74. The molecule has 3 unspecified atom stereocenters. The fraction of sp³-hybridized carbons (Fsp3) is 0.872. The summed E-state index contributed by atoms with van der Waals surface area (Å²) < 4.78 is 0. The van der Waals surface area contributed by atoms with Crippen LogP contribution >= 0.6 is 0 Å². The number of amides is 1. The van der Waals surface area contributed by atoms with Gasteiger partial charge >= 0.3 is 0 Å². The van der Waals surface area contributed by atoms with Gasteiger partial charge < -0.3 is 20.6 Å². The first-order chi connectivity index (χ1) is 21.6. The van der Waals surface area contributed by atoms with E-state index < -0.39 is 18.2 Å². The third-order valence-corrected chi connectivity index (χ3v) is 8.78. The third kappa shape index (κ3) is 29.5. The van der Waals surface area contributed by atoms with Crippen LogP contribution in [0.4, 0.5) is 0 Å². The van der Waals surface area contributed by atoms with Gasteiger partial charge in [-0.25, -0.2) is 0 Å². The highest BCUT2D eigenvalue weighted by atomic mass is 16.3. The summed E-state index contributed by atoms with van der Waals surface area (Å²) in [5, 5.41) is 33.3. The summed E-state index contributed by atoms with van der Waals surface area (Å²) in [6.07, 6.45) is 39.9. The van der Waals surface area contributed by atoms with Crippen LogP contribution in [0.2, 0.25) is 0 Å². The number of aliphatic hydroxyl groups is 3. The number of nitrogens with one attached hydrogen (secondary N) is 1. The Bertz CT molecular complexity index is 650. The second-order valence-electron chi connectivity index (χ2n) is 13.1. The van der Waals surface area contributed by atoms with Gasteiger partial charge in [0.25, 0.3) is 0 Å². The summed E-state index contributed by atoms with van der Waals surface area (Å²) in [6.45, 7) is 4.13. The number of hydrogen-bond acceptors (Lipinski definition) is 4. The fourth-order valence-electron chi connectivity index (χ4n) is 5.74. The number of unbranched alkanes of at least 4 members (excludes halogenated alkanes) is 22. The molecular weight excluding hydrogens is 546 g/mol. The molecule has 0 radical (unpaired) electrons. The van der Waals surface area contributed by atoms with Crippen molar-refractivity contribution in [1.29, 1.82) is 0 Å². The lowest BCUT2D eigenvalue weighted by molar-refractivity contribution is -0.124. The van der Waals surface area contributed by atoms with E-state index in [0.717, 1.165) is 44.9 Å². The normalized spacial score (nSPS) is 14.0. The van der Waals surface area contributed by atoms with E-state index in [0.29, 0.717) is 12.8 Å². The Balaban J connectivity index is 3.72. The van der Waals surface area contributed by atoms with Crippen molar-refractivity contribution in [2.24, 2.45) is 0 Å². The van der Waals surface area contributed by atoms with Crippen molar-refractivity contribution in [3.63, 3.8) is 0 Å². The van der Waals surface area contributed by atoms with Gasteiger partial charge in [-0.05, 0) is 64.2 Å². The molecule has 0 saturated carbocycles. The Hall–Kier alpha value is -1.17. The van der Waals surface area contributed by atoms with Crippen LogP contribution in [-0.4, -0.2) is 46.1 Å². The van der Waals surface area contributed by atoms with Gasteiger partial charge in [-0.2, -0.15) is 0 Å². The molecule has 5 heteroatoms. The zero-order chi connectivity index (χ0) is 32.4. The molecule has 0 aliphatic rings. The van der Waals surface area contributed by atoms with Crippen LogP contribution in [0.15, 0.2) is 24.3 Å². The molecule has 0 rings (SSSR count). The SMILES string of the molecule is CCCCC/C=C\CCCCCCCC(=O)NC(CO)C(O)C(O)CCC/C=C/CCCCCCCCCCCCCCC. The first-order valence-corrected chi connectivity index (χ1v) is 19.1. The minimum atomic E-state index is -1.16. The van der Waals surface area contributed by atoms with Gasteiger partial charge in [0, 0.05) is 6.42 Å². The Morgan fingerprint density at radius 3 is 1.36 bits per heavy atom. The van der Waals surface area contributed by atoms with E-state index in [1.165, 1.54) is 122 Å². The quantitative estimate of drug-likeness (QED) is 0.0425. The van der Waals surface area contributed by atoms with Crippen LogP contribution in [0.1, 0.15) is 194 Å². The van der Waals surface area contributed by atoms with Crippen molar-refractivity contribution in [2.75, 3.05) is 6.61 Å². The first-order valence-electron chi connectivity index (χ1n) is 19.1. The maximum absolute atomic E-state index is 12.3. The number of carbonyl (C=O) groups excluding carboxylic acids is 1. The maximum Gasteiger partial charge on any atom is 0.220 e. The number of carbonyl (C=O) groups is 1. The van der Waals surface area contributed by atoms with Gasteiger partial charge in [0.1, 0.15) is 6.10 Å². The van der Waals surface area contributed by atoms with E-state index in [2.05, 4.69) is 43.5 Å². The molecule has 0 spiro atoms. The average Bonchev–Trinajstić information content (AvgIpc) is 3.03. The highest BCUT2D eigenvalue weighted by Gasteiger charge is 2.26. The first kappa shape index (κ1) is 42.8. The van der Waals surface area contributed by atoms with Crippen LogP contribution in [-0.2, 0) is 4.79 Å². The maximum atomic E-state index is 12.3. The predicted octanol–water partition coefficient (Wildman–Crippen LogP) is 10.3. The molecule has 0 aliphatic carbocycles. The van der Waals surface area contributed by atoms with Crippen LogP contribution < -0.4 is 5.32 Å². The Kier molecular flexibility index (Phi) is 33.8. The summed E-state index contributed by atoms with van der Waals surface area (Å²) in [7, 11) is 0. The van der Waals surface area contributed by atoms with Crippen LogP contribution in [0.3, 0.4) is 0 Å². The van der Waals surface area contributed by atoms with E-state index in [1.54, 1.807) is 0 Å². The molecule has 0 heterocycles. The topological polar surface area (TPSA) is 89.8 Å². The van der Waals surface area contributed by atoms with Crippen molar-refractivity contribution in [2.45, 2.75) is 212 Å². The van der Waals surface area contributed by atoms with Gasteiger partial charge in [-0.3, -0.25) is 4.79 Å². The standard InChI is InChI=1S/C39H75NO4/c1-3-5-7-9-11-13-15-17-18-19-20-21-22-23-25-27-29-31-33-37(42)39(44)36(35-41)40-38(43)34-32-30-28-26-24-16-14-12-10-8-6-4-2/h12,14,25,27,36-37,39,41-42,44H,3-11,13,15-24,26,28-35H2,1-2H3,(H,40,43)/b14-12-,27-25+. The van der Waals surface area contributed by atoms with Crippen molar-refractivity contribution in [3.8, 4) is 0 Å². The van der Waals surface area contributed by atoms with Crippen LogP contribution in [0.25, 0.3) is 0 Å². The van der Waals surface area contributed by atoms with Gasteiger partial charge in [0.2, 0.25) is 5.91 Å². The molecule has 3 atom stereocenters. The highest BCUT2D eigenvalue weighted by molar-refractivity contribution is 5.76. The molecule has 44 heavy (non-hydrogen) atoms. The lowest BCUT2D eigenvalue weighted by Gasteiger charge is -2.26. The molecule has 0 aromatic rings. The molecule has 0 saturated heterocycles. The van der Waals surface area contributed by atoms with Gasteiger partial charge in [-0.15, -0.1) is 0 Å². The zero-order valence-electron chi connectivity index (χ0n) is 29.3. The highest BCUT2D eigenvalue weighted by Crippen LogP contribution is 2.14. The summed E-state index contributed by atoms with van der Waals surface area (Å²) in [5.74, 6) is -0.165. The van der Waals surface area contributed by atoms with E-state index in [1.807, 2.05) is 0 Å². The van der Waals surface area contributed by atoms with Crippen LogP contribution in [0.5, 0.6) is 0 Å². The molecular formula is C39H75NO4. The molecule has 0 aromatic carbocycles. The molecule has 0 bridgehead atoms. The van der Waals surface area contributed by atoms with Crippen molar-refractivity contribution >= 4 is 5.91 Å². The molecule has 0 fully saturated rings. The minimum Gasteiger partial charge on any atom is -0.394 e. The van der Waals surface area contributed by atoms with Crippen molar-refractivity contribution in [1.82, 2.24) is 5.32 Å². The second-order valence-corrected chi connectivity index (χ2v) is 13.1. The van der Waals surface area contributed by atoms with E-state index >= 15 is 0 Å². The summed E-state index contributed by atoms with van der Waals surface area (Å²) in [4.78, 5) is 12.3. The summed E-state index contributed by atoms with van der Waals surface area (Å²) in [6, 6.07) is -0.826. The molecule has 4 N–H and O–H groups in total. The summed E-state index contributed by atoms with van der Waals surface area (Å²) >= 11 is 0. The molecule has 0 aromatic heterocycles. The molecule has 1 amide bonds. The van der Waals surface area contributed by atoms with Gasteiger partial charge in [0.05, 0.1) is 18.8 Å².